The number of anilines is 2. The van der Waals surface area contributed by atoms with Crippen LogP contribution in [0.4, 0.5) is 11.6 Å². The van der Waals surface area contributed by atoms with Gasteiger partial charge in [0.15, 0.2) is 0 Å². The zero-order valence-corrected chi connectivity index (χ0v) is 9.82. The van der Waals surface area contributed by atoms with Crippen LogP contribution in [0.5, 0.6) is 0 Å². The fourth-order valence-corrected chi connectivity index (χ4v) is 1.15. The maximum absolute atomic E-state index is 11.3. The lowest BCUT2D eigenvalue weighted by Crippen LogP contribution is -2.24. The molecule has 1 aromatic heterocycles. The van der Waals surface area contributed by atoms with Crippen molar-refractivity contribution in [2.24, 2.45) is 0 Å². The number of aromatic nitrogens is 2. The van der Waals surface area contributed by atoms with E-state index in [1.807, 2.05) is 6.92 Å². The van der Waals surface area contributed by atoms with Crippen LogP contribution in [0.25, 0.3) is 0 Å². The first kappa shape index (κ1) is 12.2. The first-order chi connectivity index (χ1) is 7.52. The quantitative estimate of drug-likeness (QED) is 0.764. The Morgan fingerprint density at radius 2 is 2.19 bits per heavy atom. The lowest BCUT2D eigenvalue weighted by Gasteiger charge is -2.12. The van der Waals surface area contributed by atoms with Gasteiger partial charge in [-0.05, 0) is 6.92 Å². The topological polar surface area (TPSA) is 84.1 Å². The van der Waals surface area contributed by atoms with Gasteiger partial charge in [0.25, 0.3) is 0 Å². The van der Waals surface area contributed by atoms with Crippen LogP contribution in [0.1, 0.15) is 12.0 Å². The first-order valence-electron chi connectivity index (χ1n) is 5.03. The van der Waals surface area contributed by atoms with Crippen LogP contribution in [0.3, 0.4) is 0 Å². The van der Waals surface area contributed by atoms with Crippen LogP contribution in [0.15, 0.2) is 6.33 Å². The normalized spacial score (nSPS) is 9.94. The Balaban J connectivity index is 2.49. The summed E-state index contributed by atoms with van der Waals surface area (Å²) in [6.07, 6.45) is 1.83. The van der Waals surface area contributed by atoms with Crippen molar-refractivity contribution in [1.29, 1.82) is 0 Å². The van der Waals surface area contributed by atoms with Gasteiger partial charge in [-0.3, -0.25) is 4.79 Å². The summed E-state index contributed by atoms with van der Waals surface area (Å²) in [5.74, 6) is 1.21. The Morgan fingerprint density at radius 1 is 1.50 bits per heavy atom. The molecule has 0 aliphatic rings. The van der Waals surface area contributed by atoms with Crippen LogP contribution in [-0.4, -0.2) is 41.4 Å². The van der Waals surface area contributed by atoms with Gasteiger partial charge in [-0.15, -0.1) is 0 Å². The van der Waals surface area contributed by atoms with Crippen LogP contribution in [-0.2, 0) is 4.79 Å². The molecular weight excluding hydrogens is 206 g/mol. The average molecular weight is 223 g/mol. The van der Waals surface area contributed by atoms with Gasteiger partial charge in [0, 0.05) is 32.6 Å². The third-order valence-corrected chi connectivity index (χ3v) is 2.25. The number of nitrogens with two attached hydrogens (primary N) is 1. The van der Waals surface area contributed by atoms with Gasteiger partial charge in [0.1, 0.15) is 18.0 Å². The second-order valence-electron chi connectivity index (χ2n) is 3.70. The summed E-state index contributed by atoms with van der Waals surface area (Å²) in [5, 5.41) is 3.06. The van der Waals surface area contributed by atoms with Gasteiger partial charge in [-0.25, -0.2) is 9.97 Å². The number of hydrogen-bond donors (Lipinski definition) is 2. The van der Waals surface area contributed by atoms with Gasteiger partial charge in [0.2, 0.25) is 5.91 Å². The fourth-order valence-electron chi connectivity index (χ4n) is 1.15. The molecule has 16 heavy (non-hydrogen) atoms. The zero-order chi connectivity index (χ0) is 12.1. The van der Waals surface area contributed by atoms with E-state index in [0.717, 1.165) is 5.56 Å². The minimum atomic E-state index is 0.0761. The molecule has 0 aromatic carbocycles. The minimum Gasteiger partial charge on any atom is -0.383 e. The van der Waals surface area contributed by atoms with Gasteiger partial charge in [-0.2, -0.15) is 0 Å². The van der Waals surface area contributed by atoms with Crippen LogP contribution < -0.4 is 11.1 Å². The lowest BCUT2D eigenvalue weighted by atomic mass is 10.3. The predicted molar refractivity (Wildman–Crippen MR) is 63.0 cm³/mol. The Morgan fingerprint density at radius 3 is 2.81 bits per heavy atom. The van der Waals surface area contributed by atoms with E-state index in [-0.39, 0.29) is 5.91 Å². The molecule has 6 nitrogen and oxygen atoms in total. The van der Waals surface area contributed by atoms with E-state index >= 15 is 0 Å². The Kier molecular flexibility index (Phi) is 4.04. The summed E-state index contributed by atoms with van der Waals surface area (Å²) in [7, 11) is 3.46. The minimum absolute atomic E-state index is 0.0761. The number of nitrogens with one attached hydrogen (secondary N) is 1. The summed E-state index contributed by atoms with van der Waals surface area (Å²) in [6.45, 7) is 2.37. The molecule has 0 radical (unpaired) electrons. The number of amides is 1. The van der Waals surface area contributed by atoms with E-state index in [4.69, 9.17) is 5.73 Å². The summed E-state index contributed by atoms with van der Waals surface area (Å²) >= 11 is 0. The van der Waals surface area contributed by atoms with Crippen LogP contribution >= 0.6 is 0 Å². The molecule has 1 heterocycles. The van der Waals surface area contributed by atoms with Crippen molar-refractivity contribution in [3.63, 3.8) is 0 Å². The van der Waals surface area contributed by atoms with Gasteiger partial charge in [-0.1, -0.05) is 0 Å². The molecule has 0 bridgehead atoms. The van der Waals surface area contributed by atoms with Crippen molar-refractivity contribution in [3.05, 3.63) is 11.9 Å². The standard InChI is InChI=1S/C10H17N5O/c1-7-9(11)13-6-14-10(7)12-5-4-8(16)15(2)3/h6H,4-5H2,1-3H3,(H3,11,12,13,14). The molecule has 3 N–H and O–H groups in total. The zero-order valence-electron chi connectivity index (χ0n) is 9.82. The van der Waals surface area contributed by atoms with Crippen molar-refractivity contribution in [3.8, 4) is 0 Å². The summed E-state index contributed by atoms with van der Waals surface area (Å²) in [6, 6.07) is 0. The van der Waals surface area contributed by atoms with Crippen molar-refractivity contribution < 1.29 is 4.79 Å². The molecule has 0 atom stereocenters. The highest BCUT2D eigenvalue weighted by Gasteiger charge is 2.06. The van der Waals surface area contributed by atoms with Gasteiger partial charge >= 0.3 is 0 Å². The maximum atomic E-state index is 11.3. The molecule has 1 aromatic rings. The van der Waals surface area contributed by atoms with Crippen molar-refractivity contribution in [2.45, 2.75) is 13.3 Å². The van der Waals surface area contributed by atoms with E-state index < -0.39 is 0 Å². The number of nitrogens with zero attached hydrogens (tertiary/aromatic N) is 3. The Bertz CT molecular complexity index is 377. The van der Waals surface area contributed by atoms with Crippen molar-refractivity contribution >= 4 is 17.5 Å². The van der Waals surface area contributed by atoms with Crippen LogP contribution in [0.2, 0.25) is 0 Å². The van der Waals surface area contributed by atoms with Gasteiger partial charge in [0.05, 0.1) is 0 Å². The summed E-state index contributed by atoms with van der Waals surface area (Å²) < 4.78 is 0. The van der Waals surface area contributed by atoms with E-state index in [9.17, 15) is 4.79 Å². The lowest BCUT2D eigenvalue weighted by molar-refractivity contribution is -0.128. The Hall–Kier alpha value is -1.85. The van der Waals surface area contributed by atoms with E-state index in [2.05, 4.69) is 15.3 Å². The second-order valence-corrected chi connectivity index (χ2v) is 3.70. The predicted octanol–water partition coefficient (Wildman–Crippen LogP) is 0.257. The Labute approximate surface area is 94.9 Å². The monoisotopic (exact) mass is 223 g/mol. The number of carbonyl (C=O) groups excluding carboxylic acids is 1. The molecule has 1 amide bonds. The third-order valence-electron chi connectivity index (χ3n) is 2.25. The largest absolute Gasteiger partial charge is 0.383 e. The van der Waals surface area contributed by atoms with E-state index in [1.165, 1.54) is 6.33 Å². The van der Waals surface area contributed by atoms with Crippen LogP contribution in [0, 0.1) is 6.92 Å². The number of rotatable bonds is 4. The highest BCUT2D eigenvalue weighted by molar-refractivity contribution is 5.76. The fraction of sp³-hybridized carbons (Fsp3) is 0.500. The molecule has 0 saturated carbocycles. The molecule has 0 saturated heterocycles. The third kappa shape index (κ3) is 3.08. The maximum Gasteiger partial charge on any atom is 0.223 e. The highest BCUT2D eigenvalue weighted by atomic mass is 16.2. The molecule has 0 unspecified atom stereocenters. The number of carbonyl (C=O) groups is 1. The number of nitrogen functional groups attached to an aromatic ring is 1. The molecule has 88 valence electrons. The van der Waals surface area contributed by atoms with E-state index in [1.54, 1.807) is 19.0 Å². The van der Waals surface area contributed by atoms with Crippen molar-refractivity contribution in [2.75, 3.05) is 31.7 Å². The smallest absolute Gasteiger partial charge is 0.223 e. The molecule has 0 fully saturated rings. The molecular formula is C10H17N5O. The summed E-state index contributed by atoms with van der Waals surface area (Å²) in [5.41, 5.74) is 6.44. The summed E-state index contributed by atoms with van der Waals surface area (Å²) in [4.78, 5) is 20.8. The average Bonchev–Trinajstić information content (AvgIpc) is 2.24. The van der Waals surface area contributed by atoms with Gasteiger partial charge < -0.3 is 16.0 Å². The molecule has 1 rings (SSSR count). The van der Waals surface area contributed by atoms with E-state index in [0.29, 0.717) is 24.6 Å². The molecule has 0 aliphatic heterocycles. The SMILES string of the molecule is Cc1c(N)ncnc1NCCC(=O)N(C)C. The number of hydrogen-bond acceptors (Lipinski definition) is 5. The molecule has 0 aliphatic carbocycles. The first-order valence-corrected chi connectivity index (χ1v) is 5.03. The molecule has 6 heteroatoms. The van der Waals surface area contributed by atoms with Crippen molar-refractivity contribution in [1.82, 2.24) is 14.9 Å². The second kappa shape index (κ2) is 5.29. The molecule has 0 spiro atoms. The highest BCUT2D eigenvalue weighted by Crippen LogP contribution is 2.14.